The third-order valence-corrected chi connectivity index (χ3v) is 5.44. The van der Waals surface area contributed by atoms with E-state index in [4.69, 9.17) is 0 Å². The summed E-state index contributed by atoms with van der Waals surface area (Å²) >= 11 is 3.35. The molecule has 0 unspecified atom stereocenters. The second kappa shape index (κ2) is 13.6. The molecule has 1 heteroatoms. The fourth-order valence-electron chi connectivity index (χ4n) is 2.89. The second-order valence-corrected chi connectivity index (χ2v) is 8.70. The maximum atomic E-state index is 3.35. The van der Waals surface area contributed by atoms with Crippen molar-refractivity contribution in [1.29, 1.82) is 0 Å². The molecule has 4 aromatic carbocycles. The Morgan fingerprint density at radius 3 is 1.29 bits per heavy atom. The molecule has 0 fully saturated rings. The van der Waals surface area contributed by atoms with E-state index >= 15 is 0 Å². The van der Waals surface area contributed by atoms with Gasteiger partial charge < -0.3 is 0 Å². The molecule has 31 heavy (non-hydrogen) atoms. The van der Waals surface area contributed by atoms with Gasteiger partial charge in [0.25, 0.3) is 0 Å². The van der Waals surface area contributed by atoms with Crippen LogP contribution in [0.1, 0.15) is 40.3 Å². The molecule has 0 nitrogen and oxygen atoms in total. The summed E-state index contributed by atoms with van der Waals surface area (Å²) in [5.41, 5.74) is 8.13. The monoisotopic (exact) mass is 472 g/mol. The first-order valence-electron chi connectivity index (χ1n) is 10.8. The summed E-state index contributed by atoms with van der Waals surface area (Å²) in [7, 11) is 0. The molecule has 0 saturated heterocycles. The average molecular weight is 473 g/mol. The first-order chi connectivity index (χ1) is 15.0. The zero-order valence-electron chi connectivity index (χ0n) is 19.1. The van der Waals surface area contributed by atoms with Gasteiger partial charge in [0.05, 0.1) is 0 Å². The Labute approximate surface area is 197 Å². The van der Waals surface area contributed by atoms with Crippen LogP contribution in [0.4, 0.5) is 0 Å². The lowest BCUT2D eigenvalue weighted by molar-refractivity contribution is 1.14. The molecule has 160 valence electrons. The minimum Gasteiger partial charge on any atom is -0.0622 e. The van der Waals surface area contributed by atoms with Crippen molar-refractivity contribution in [3.63, 3.8) is 0 Å². The first-order valence-corrected chi connectivity index (χ1v) is 11.6. The van der Waals surface area contributed by atoms with Gasteiger partial charge in [0.15, 0.2) is 0 Å². The lowest BCUT2D eigenvalue weighted by Crippen LogP contribution is -1.86. The van der Waals surface area contributed by atoms with E-state index in [1.807, 2.05) is 12.1 Å². The standard InChI is InChI=1S/C14H14.C9H12.C7H7Br/c1-12-7-9-14(10-8-12)11-13-5-3-2-4-6-13;1-3-9-6-4-8(2)5-7-9;1-6-2-4-7(8)5-3-6/h2-10H,11H2,1H3;4-7H,3H2,1-2H3;2-5H,1H3. The molecular weight excluding hydrogens is 440 g/mol. The Morgan fingerprint density at radius 1 is 0.484 bits per heavy atom. The molecule has 4 aromatic rings. The zero-order chi connectivity index (χ0) is 22.5. The highest BCUT2D eigenvalue weighted by Gasteiger charge is 1.94. The molecule has 0 radical (unpaired) electrons. The van der Waals surface area contributed by atoms with Crippen molar-refractivity contribution in [2.24, 2.45) is 0 Å². The largest absolute Gasteiger partial charge is 0.0622 e. The van der Waals surface area contributed by atoms with Crippen LogP contribution in [0.25, 0.3) is 0 Å². The Morgan fingerprint density at radius 2 is 0.871 bits per heavy atom. The SMILES string of the molecule is CCc1ccc(C)cc1.Cc1ccc(Br)cc1.Cc1ccc(Cc2ccccc2)cc1. The molecule has 0 bridgehead atoms. The highest BCUT2D eigenvalue weighted by molar-refractivity contribution is 9.10. The van der Waals surface area contributed by atoms with Crippen LogP contribution in [0.3, 0.4) is 0 Å². The Balaban J connectivity index is 0.000000175. The van der Waals surface area contributed by atoms with E-state index in [1.165, 1.54) is 33.4 Å². The quantitative estimate of drug-likeness (QED) is 0.279. The van der Waals surface area contributed by atoms with Crippen molar-refractivity contribution in [3.05, 3.63) is 141 Å². The van der Waals surface area contributed by atoms with Crippen LogP contribution >= 0.6 is 15.9 Å². The van der Waals surface area contributed by atoms with Crippen LogP contribution in [-0.4, -0.2) is 0 Å². The van der Waals surface area contributed by atoms with Gasteiger partial charge in [0.1, 0.15) is 0 Å². The lowest BCUT2D eigenvalue weighted by Gasteiger charge is -2.01. The second-order valence-electron chi connectivity index (χ2n) is 7.78. The van der Waals surface area contributed by atoms with Crippen LogP contribution in [0.15, 0.2) is 108 Å². The number of benzene rings is 4. The van der Waals surface area contributed by atoms with Crippen LogP contribution in [0.2, 0.25) is 0 Å². The normalized spacial score (nSPS) is 9.71. The Kier molecular flexibility index (Phi) is 10.8. The highest BCUT2D eigenvalue weighted by atomic mass is 79.9. The van der Waals surface area contributed by atoms with Gasteiger partial charge >= 0.3 is 0 Å². The highest BCUT2D eigenvalue weighted by Crippen LogP contribution is 2.10. The minimum absolute atomic E-state index is 1.03. The van der Waals surface area contributed by atoms with Crippen molar-refractivity contribution in [3.8, 4) is 0 Å². The molecule has 0 atom stereocenters. The fraction of sp³-hybridized carbons (Fsp3) is 0.200. The van der Waals surface area contributed by atoms with Crippen molar-refractivity contribution < 1.29 is 0 Å². The van der Waals surface area contributed by atoms with Crippen molar-refractivity contribution >= 4 is 15.9 Å². The van der Waals surface area contributed by atoms with E-state index in [9.17, 15) is 0 Å². The van der Waals surface area contributed by atoms with E-state index in [1.54, 1.807) is 0 Å². The van der Waals surface area contributed by atoms with Crippen LogP contribution in [0.5, 0.6) is 0 Å². The van der Waals surface area contributed by atoms with Gasteiger partial charge in [-0.15, -0.1) is 0 Å². The molecule has 0 aromatic heterocycles. The Bertz CT molecular complexity index is 962. The molecule has 0 amide bonds. The van der Waals surface area contributed by atoms with Crippen molar-refractivity contribution in [1.82, 2.24) is 0 Å². The maximum absolute atomic E-state index is 3.35. The van der Waals surface area contributed by atoms with Gasteiger partial charge in [0, 0.05) is 4.47 Å². The van der Waals surface area contributed by atoms with Gasteiger partial charge in [0.2, 0.25) is 0 Å². The predicted molar refractivity (Wildman–Crippen MR) is 140 cm³/mol. The lowest BCUT2D eigenvalue weighted by atomic mass is 10.0. The number of aryl methyl sites for hydroxylation is 4. The molecule has 4 rings (SSSR count). The van der Waals surface area contributed by atoms with E-state index in [-0.39, 0.29) is 0 Å². The third kappa shape index (κ3) is 10.3. The fourth-order valence-corrected chi connectivity index (χ4v) is 3.16. The first kappa shape index (κ1) is 24.6. The van der Waals surface area contributed by atoms with Crippen molar-refractivity contribution in [2.45, 2.75) is 40.5 Å². The smallest absolute Gasteiger partial charge is 0.0175 e. The molecule has 0 spiro atoms. The maximum Gasteiger partial charge on any atom is 0.0175 e. The van der Waals surface area contributed by atoms with E-state index < -0.39 is 0 Å². The number of hydrogen-bond donors (Lipinski definition) is 0. The number of hydrogen-bond acceptors (Lipinski definition) is 0. The summed E-state index contributed by atoms with van der Waals surface area (Å²) in [6, 6.07) is 36.2. The van der Waals surface area contributed by atoms with E-state index in [2.05, 4.69) is 135 Å². The van der Waals surface area contributed by atoms with Crippen LogP contribution in [0, 0.1) is 20.8 Å². The molecule has 0 N–H and O–H groups in total. The summed E-state index contributed by atoms with van der Waals surface area (Å²) in [4.78, 5) is 0. The molecule has 0 aliphatic rings. The van der Waals surface area contributed by atoms with Crippen LogP contribution in [-0.2, 0) is 12.8 Å². The molecule has 0 saturated carbocycles. The number of rotatable bonds is 3. The minimum atomic E-state index is 1.03. The predicted octanol–water partition coefficient (Wildman–Crippen LogP) is 8.90. The number of halogens is 1. The summed E-state index contributed by atoms with van der Waals surface area (Å²) in [5.74, 6) is 0. The molecule has 0 aliphatic carbocycles. The van der Waals surface area contributed by atoms with Gasteiger partial charge in [-0.3, -0.25) is 0 Å². The summed E-state index contributed by atoms with van der Waals surface area (Å²) < 4.78 is 1.14. The summed E-state index contributed by atoms with van der Waals surface area (Å²) in [6.07, 6.45) is 2.17. The van der Waals surface area contributed by atoms with Gasteiger partial charge in [-0.25, -0.2) is 0 Å². The Hall–Kier alpha value is -2.64. The van der Waals surface area contributed by atoms with E-state index in [0.717, 1.165) is 17.3 Å². The van der Waals surface area contributed by atoms with Crippen LogP contribution < -0.4 is 0 Å². The van der Waals surface area contributed by atoms with E-state index in [0.29, 0.717) is 0 Å². The topological polar surface area (TPSA) is 0 Å². The molecular formula is C30H33Br. The van der Waals surface area contributed by atoms with Gasteiger partial charge in [-0.05, 0) is 62.4 Å². The van der Waals surface area contributed by atoms with Gasteiger partial charge in [-0.2, -0.15) is 0 Å². The summed E-state index contributed by atoms with van der Waals surface area (Å²) in [6.45, 7) is 8.48. The molecule has 0 heterocycles. The van der Waals surface area contributed by atoms with Crippen molar-refractivity contribution in [2.75, 3.05) is 0 Å². The summed E-state index contributed by atoms with van der Waals surface area (Å²) in [5, 5.41) is 0. The average Bonchev–Trinajstić information content (AvgIpc) is 2.80. The van der Waals surface area contributed by atoms with Gasteiger partial charge in [-0.1, -0.05) is 131 Å². The zero-order valence-corrected chi connectivity index (χ0v) is 20.7. The third-order valence-electron chi connectivity index (χ3n) is 4.91. The molecule has 0 aliphatic heterocycles.